The van der Waals surface area contributed by atoms with Crippen molar-refractivity contribution in [3.8, 4) is 5.75 Å². The maximum atomic E-state index is 5.73. The van der Waals surface area contributed by atoms with Crippen LogP contribution in [-0.4, -0.2) is 11.9 Å². The lowest BCUT2D eigenvalue weighted by molar-refractivity contribution is 0.239. The van der Waals surface area contributed by atoms with Crippen LogP contribution < -0.4 is 4.74 Å². The normalized spacial score (nSPS) is 18.7. The Morgan fingerprint density at radius 3 is 2.59 bits per heavy atom. The van der Waals surface area contributed by atoms with Crippen LogP contribution in [0.2, 0.25) is 0 Å². The number of rotatable bonds is 7. The molecular weight excluding hydrogens is 276 g/mol. The first-order valence-corrected chi connectivity index (χ1v) is 7.60. The molecule has 2 rings (SSSR count). The molecule has 1 aromatic carbocycles. The highest BCUT2D eigenvalue weighted by Gasteiger charge is 2.39. The Bertz CT molecular complexity index is 334. The van der Waals surface area contributed by atoms with Crippen molar-refractivity contribution in [3.63, 3.8) is 0 Å². The van der Waals surface area contributed by atoms with E-state index in [-0.39, 0.29) is 0 Å². The third-order valence-electron chi connectivity index (χ3n) is 3.77. The monoisotopic (exact) mass is 296 g/mol. The van der Waals surface area contributed by atoms with Gasteiger partial charge in [-0.1, -0.05) is 41.1 Å². The van der Waals surface area contributed by atoms with Crippen molar-refractivity contribution in [3.05, 3.63) is 30.3 Å². The zero-order valence-electron chi connectivity index (χ0n) is 10.5. The molecule has 1 atom stereocenters. The van der Waals surface area contributed by atoms with Crippen molar-refractivity contribution in [1.29, 1.82) is 0 Å². The van der Waals surface area contributed by atoms with Gasteiger partial charge in [0.1, 0.15) is 5.75 Å². The topological polar surface area (TPSA) is 9.23 Å². The molecule has 2 heteroatoms. The van der Waals surface area contributed by atoms with Crippen LogP contribution in [0.1, 0.15) is 32.6 Å². The van der Waals surface area contributed by atoms with Crippen LogP contribution in [0, 0.1) is 11.3 Å². The molecule has 0 N–H and O–H groups in total. The number of alkyl halides is 1. The van der Waals surface area contributed by atoms with E-state index in [0.29, 0.717) is 5.41 Å². The first kappa shape index (κ1) is 12.9. The molecule has 0 heterocycles. The summed E-state index contributed by atoms with van der Waals surface area (Å²) < 4.78 is 5.73. The quantitative estimate of drug-likeness (QED) is 0.525. The van der Waals surface area contributed by atoms with Crippen molar-refractivity contribution in [2.45, 2.75) is 32.6 Å². The van der Waals surface area contributed by atoms with Crippen LogP contribution in [0.5, 0.6) is 5.75 Å². The van der Waals surface area contributed by atoms with Crippen LogP contribution in [-0.2, 0) is 0 Å². The van der Waals surface area contributed by atoms with Gasteiger partial charge < -0.3 is 4.74 Å². The van der Waals surface area contributed by atoms with Crippen molar-refractivity contribution >= 4 is 15.9 Å². The molecule has 1 saturated carbocycles. The van der Waals surface area contributed by atoms with Gasteiger partial charge in [0, 0.05) is 5.33 Å². The largest absolute Gasteiger partial charge is 0.494 e. The van der Waals surface area contributed by atoms with Crippen LogP contribution in [0.4, 0.5) is 0 Å². The van der Waals surface area contributed by atoms with E-state index in [9.17, 15) is 0 Å². The maximum Gasteiger partial charge on any atom is 0.119 e. The molecule has 17 heavy (non-hydrogen) atoms. The van der Waals surface area contributed by atoms with Crippen molar-refractivity contribution in [2.75, 3.05) is 11.9 Å². The first-order valence-electron chi connectivity index (χ1n) is 6.48. The maximum absolute atomic E-state index is 5.73. The van der Waals surface area contributed by atoms with E-state index in [2.05, 4.69) is 22.9 Å². The summed E-state index contributed by atoms with van der Waals surface area (Å²) in [6.45, 7) is 3.24. The summed E-state index contributed by atoms with van der Waals surface area (Å²) in [5, 5.41) is 1.12. The smallest absolute Gasteiger partial charge is 0.119 e. The Labute approximate surface area is 113 Å². The third-order valence-corrected chi connectivity index (χ3v) is 5.05. The van der Waals surface area contributed by atoms with E-state index in [1.165, 1.54) is 19.3 Å². The summed E-state index contributed by atoms with van der Waals surface area (Å²) >= 11 is 3.67. The number of para-hydroxylation sites is 1. The van der Waals surface area contributed by atoms with E-state index in [1.54, 1.807) is 0 Å². The Hall–Kier alpha value is -0.500. The number of ether oxygens (including phenoxy) is 1. The lowest BCUT2D eigenvalue weighted by Gasteiger charge is -2.27. The van der Waals surface area contributed by atoms with Gasteiger partial charge in [-0.05, 0) is 49.1 Å². The highest BCUT2D eigenvalue weighted by molar-refractivity contribution is 9.09. The fourth-order valence-electron chi connectivity index (χ4n) is 2.34. The van der Waals surface area contributed by atoms with Gasteiger partial charge in [-0.3, -0.25) is 0 Å². The van der Waals surface area contributed by atoms with Gasteiger partial charge >= 0.3 is 0 Å². The van der Waals surface area contributed by atoms with E-state index in [1.807, 2.05) is 30.3 Å². The Balaban J connectivity index is 1.69. The number of benzene rings is 1. The Morgan fingerprint density at radius 1 is 1.29 bits per heavy atom. The average molecular weight is 297 g/mol. The van der Waals surface area contributed by atoms with Gasteiger partial charge in [0.15, 0.2) is 0 Å². The highest BCUT2D eigenvalue weighted by atomic mass is 79.9. The second-order valence-corrected chi connectivity index (χ2v) is 5.89. The second kappa shape index (κ2) is 5.90. The molecule has 1 aliphatic carbocycles. The SMILES string of the molecule is CC(CBr)(CCCOc1ccccc1)C1CC1. The Kier molecular flexibility index (Phi) is 4.49. The van der Waals surface area contributed by atoms with Gasteiger partial charge in [-0.25, -0.2) is 0 Å². The van der Waals surface area contributed by atoms with Gasteiger partial charge in [0.05, 0.1) is 6.61 Å². The van der Waals surface area contributed by atoms with Gasteiger partial charge in [-0.15, -0.1) is 0 Å². The van der Waals surface area contributed by atoms with Crippen molar-refractivity contribution < 1.29 is 4.74 Å². The molecular formula is C15H21BrO. The molecule has 1 aliphatic rings. The molecule has 1 aromatic rings. The molecule has 0 spiro atoms. The van der Waals surface area contributed by atoms with Crippen LogP contribution >= 0.6 is 15.9 Å². The lowest BCUT2D eigenvalue weighted by Crippen LogP contribution is -2.21. The summed E-state index contributed by atoms with van der Waals surface area (Å²) in [4.78, 5) is 0. The van der Waals surface area contributed by atoms with Crippen LogP contribution in [0.25, 0.3) is 0 Å². The second-order valence-electron chi connectivity index (χ2n) is 5.33. The zero-order chi connectivity index (χ0) is 12.1. The minimum Gasteiger partial charge on any atom is -0.494 e. The van der Waals surface area contributed by atoms with E-state index < -0.39 is 0 Å². The molecule has 94 valence electrons. The predicted molar refractivity (Wildman–Crippen MR) is 75.8 cm³/mol. The Morgan fingerprint density at radius 2 is 2.00 bits per heavy atom. The fourth-order valence-corrected chi connectivity index (χ4v) is 3.08. The molecule has 0 saturated heterocycles. The van der Waals surface area contributed by atoms with Gasteiger partial charge in [0.2, 0.25) is 0 Å². The van der Waals surface area contributed by atoms with E-state index in [0.717, 1.165) is 30.0 Å². The number of hydrogen-bond donors (Lipinski definition) is 0. The van der Waals surface area contributed by atoms with Crippen LogP contribution in [0.15, 0.2) is 30.3 Å². The molecule has 1 unspecified atom stereocenters. The minimum absolute atomic E-state index is 0.486. The zero-order valence-corrected chi connectivity index (χ0v) is 12.1. The molecule has 0 radical (unpaired) electrons. The molecule has 0 aromatic heterocycles. The highest BCUT2D eigenvalue weighted by Crippen LogP contribution is 2.49. The standard InChI is InChI=1S/C15H21BrO/c1-15(12-16,13-8-9-13)10-5-11-17-14-6-3-2-4-7-14/h2-4,6-7,13H,5,8-12H2,1H3. The van der Waals surface area contributed by atoms with E-state index >= 15 is 0 Å². The predicted octanol–water partition coefficient (Wildman–Crippen LogP) is 4.66. The third kappa shape index (κ3) is 3.74. The summed E-state index contributed by atoms with van der Waals surface area (Å²) in [7, 11) is 0. The van der Waals surface area contributed by atoms with Gasteiger partial charge in [0.25, 0.3) is 0 Å². The summed E-state index contributed by atoms with van der Waals surface area (Å²) in [5.74, 6) is 1.93. The molecule has 1 fully saturated rings. The van der Waals surface area contributed by atoms with Crippen molar-refractivity contribution in [2.24, 2.45) is 11.3 Å². The number of halogens is 1. The lowest BCUT2D eigenvalue weighted by atomic mass is 9.83. The molecule has 0 aliphatic heterocycles. The summed E-state index contributed by atoms with van der Waals surface area (Å²) in [5.41, 5.74) is 0.486. The van der Waals surface area contributed by atoms with Crippen LogP contribution in [0.3, 0.4) is 0 Å². The minimum atomic E-state index is 0.486. The van der Waals surface area contributed by atoms with Crippen molar-refractivity contribution in [1.82, 2.24) is 0 Å². The number of hydrogen-bond acceptors (Lipinski definition) is 1. The fraction of sp³-hybridized carbons (Fsp3) is 0.600. The average Bonchev–Trinajstić information content (AvgIpc) is 3.20. The molecule has 0 bridgehead atoms. The van der Waals surface area contributed by atoms with E-state index in [4.69, 9.17) is 4.74 Å². The van der Waals surface area contributed by atoms with Gasteiger partial charge in [-0.2, -0.15) is 0 Å². The molecule has 0 amide bonds. The summed E-state index contributed by atoms with van der Waals surface area (Å²) in [6, 6.07) is 10.1. The molecule has 1 nitrogen and oxygen atoms in total. The first-order chi connectivity index (χ1) is 8.24. The summed E-state index contributed by atoms with van der Waals surface area (Å²) in [6.07, 6.45) is 5.24.